The number of aryl methyl sites for hydroxylation is 1. The second-order valence-electron chi connectivity index (χ2n) is 9.92. The predicted octanol–water partition coefficient (Wildman–Crippen LogP) is 2.66. The minimum Gasteiger partial charge on any atom is -0.458 e. The highest BCUT2D eigenvalue weighted by molar-refractivity contribution is 6.02. The molecule has 0 spiro atoms. The van der Waals surface area contributed by atoms with Gasteiger partial charge in [-0.25, -0.2) is 4.79 Å². The van der Waals surface area contributed by atoms with Crippen molar-refractivity contribution in [1.82, 2.24) is 20.4 Å². The summed E-state index contributed by atoms with van der Waals surface area (Å²) in [6.45, 7) is 4.01. The maximum atomic E-state index is 13.5. The van der Waals surface area contributed by atoms with Gasteiger partial charge < -0.3 is 29.8 Å². The Morgan fingerprint density at radius 1 is 1.19 bits per heavy atom. The number of benzene rings is 1. The molecular weight excluding hydrogens is 542 g/mol. The number of nitrogens with one attached hydrogen (secondary N) is 3. The molecular formula is C30H33N5O7. The number of hydrogen-bond acceptors (Lipinski definition) is 8. The Bertz CT molecular complexity index is 1510. The molecule has 3 N–H and O–H groups in total. The van der Waals surface area contributed by atoms with E-state index in [0.29, 0.717) is 18.7 Å². The van der Waals surface area contributed by atoms with E-state index >= 15 is 0 Å². The standard InChI is InChI=1S/C30H33N5O7/c1-3-25(35-15-7-10-23(30(35)40)33-28(38)24-16-19(2)42-34-24)29(39)32-22(17-21-13-14-31-27(21)37)11-12-26(36)41-18-20-8-5-4-6-9-20/h4-12,15-16,21-22,25H,3,13-14,17-18H2,1-2H3,(H,31,37)(H,32,39)(H,33,38)/b12-11+/t21-,22+,25-/m0/s1. The highest BCUT2D eigenvalue weighted by Gasteiger charge is 2.29. The molecule has 12 nitrogen and oxygen atoms in total. The number of ether oxygens (including phenoxy) is 1. The normalized spacial score (nSPS) is 16.0. The van der Waals surface area contributed by atoms with Crippen molar-refractivity contribution in [2.75, 3.05) is 11.9 Å². The van der Waals surface area contributed by atoms with Crippen LogP contribution in [0.1, 0.15) is 54.0 Å². The Hall–Kier alpha value is -5.00. The minimum absolute atomic E-state index is 0.0139. The van der Waals surface area contributed by atoms with E-state index in [0.717, 1.165) is 5.56 Å². The van der Waals surface area contributed by atoms with Gasteiger partial charge in [-0.15, -0.1) is 0 Å². The van der Waals surface area contributed by atoms with Crippen LogP contribution in [0, 0.1) is 12.8 Å². The fraction of sp³-hybridized carbons (Fsp3) is 0.333. The number of esters is 1. The molecule has 0 aliphatic carbocycles. The number of nitrogens with zero attached hydrogens (tertiary/aromatic N) is 2. The maximum absolute atomic E-state index is 13.5. The average Bonchev–Trinajstić information content (AvgIpc) is 3.61. The van der Waals surface area contributed by atoms with Gasteiger partial charge in [-0.3, -0.25) is 19.2 Å². The van der Waals surface area contributed by atoms with Crippen LogP contribution in [0.4, 0.5) is 5.69 Å². The molecule has 1 aliphatic heterocycles. The first-order chi connectivity index (χ1) is 20.2. The molecule has 4 rings (SSSR count). The fourth-order valence-corrected chi connectivity index (χ4v) is 4.63. The number of pyridine rings is 1. The zero-order valence-electron chi connectivity index (χ0n) is 23.4. The first kappa shape index (κ1) is 30.0. The molecule has 1 aliphatic rings. The molecule has 3 aromatic rings. The molecule has 0 saturated carbocycles. The number of carbonyl (C=O) groups is 4. The lowest BCUT2D eigenvalue weighted by molar-refractivity contribution is -0.139. The third-order valence-corrected chi connectivity index (χ3v) is 6.83. The van der Waals surface area contributed by atoms with E-state index in [1.165, 1.54) is 35.0 Å². The molecule has 0 radical (unpaired) electrons. The highest BCUT2D eigenvalue weighted by Crippen LogP contribution is 2.19. The second-order valence-corrected chi connectivity index (χ2v) is 9.92. The molecule has 1 saturated heterocycles. The molecule has 12 heteroatoms. The summed E-state index contributed by atoms with van der Waals surface area (Å²) in [5.41, 5.74) is 0.229. The van der Waals surface area contributed by atoms with Crippen LogP contribution in [0.5, 0.6) is 0 Å². The average molecular weight is 576 g/mol. The van der Waals surface area contributed by atoms with E-state index in [9.17, 15) is 24.0 Å². The zero-order valence-corrected chi connectivity index (χ0v) is 23.4. The quantitative estimate of drug-likeness (QED) is 0.219. The van der Waals surface area contributed by atoms with Crippen molar-refractivity contribution in [2.45, 2.75) is 51.8 Å². The third-order valence-electron chi connectivity index (χ3n) is 6.83. The van der Waals surface area contributed by atoms with Crippen LogP contribution >= 0.6 is 0 Å². The summed E-state index contributed by atoms with van der Waals surface area (Å²) < 4.78 is 11.4. The Morgan fingerprint density at radius 2 is 1.98 bits per heavy atom. The maximum Gasteiger partial charge on any atom is 0.330 e. The number of aromatic nitrogens is 2. The number of carbonyl (C=O) groups excluding carboxylic acids is 4. The number of amides is 3. The first-order valence-electron chi connectivity index (χ1n) is 13.7. The van der Waals surface area contributed by atoms with Crippen LogP contribution in [-0.2, 0) is 25.7 Å². The molecule has 42 heavy (non-hydrogen) atoms. The Morgan fingerprint density at radius 3 is 2.64 bits per heavy atom. The van der Waals surface area contributed by atoms with E-state index in [2.05, 4.69) is 21.1 Å². The van der Waals surface area contributed by atoms with Gasteiger partial charge in [-0.05, 0) is 43.9 Å². The number of rotatable bonds is 12. The summed E-state index contributed by atoms with van der Waals surface area (Å²) in [6, 6.07) is 12.0. The summed E-state index contributed by atoms with van der Waals surface area (Å²) in [4.78, 5) is 63.9. The van der Waals surface area contributed by atoms with E-state index in [4.69, 9.17) is 9.26 Å². The van der Waals surface area contributed by atoms with Crippen LogP contribution in [0.3, 0.4) is 0 Å². The minimum atomic E-state index is -0.929. The summed E-state index contributed by atoms with van der Waals surface area (Å²) in [7, 11) is 0. The molecule has 3 amide bonds. The Labute approximate surface area is 242 Å². The van der Waals surface area contributed by atoms with Crippen molar-refractivity contribution in [3.63, 3.8) is 0 Å². The van der Waals surface area contributed by atoms with Gasteiger partial charge >= 0.3 is 5.97 Å². The van der Waals surface area contributed by atoms with Crippen LogP contribution < -0.4 is 21.5 Å². The number of hydrogen-bond donors (Lipinski definition) is 3. The molecule has 1 aromatic carbocycles. The monoisotopic (exact) mass is 575 g/mol. The molecule has 1 fully saturated rings. The predicted molar refractivity (Wildman–Crippen MR) is 152 cm³/mol. The van der Waals surface area contributed by atoms with Crippen LogP contribution in [0.15, 0.2) is 76.2 Å². The molecule has 220 valence electrons. The molecule has 0 bridgehead atoms. The van der Waals surface area contributed by atoms with E-state index in [-0.39, 0.29) is 42.7 Å². The smallest absolute Gasteiger partial charge is 0.330 e. The van der Waals surface area contributed by atoms with Gasteiger partial charge in [0.05, 0.1) is 0 Å². The van der Waals surface area contributed by atoms with E-state index in [1.807, 2.05) is 30.3 Å². The van der Waals surface area contributed by atoms with Crippen LogP contribution in [-0.4, -0.2) is 46.0 Å². The molecule has 3 heterocycles. The van der Waals surface area contributed by atoms with Crippen molar-refractivity contribution in [2.24, 2.45) is 5.92 Å². The van der Waals surface area contributed by atoms with E-state index in [1.54, 1.807) is 19.9 Å². The Balaban J connectivity index is 1.47. The Kier molecular flexibility index (Phi) is 10.0. The molecule has 2 aromatic heterocycles. The number of anilines is 1. The van der Waals surface area contributed by atoms with Gasteiger partial charge in [0.2, 0.25) is 11.8 Å². The summed E-state index contributed by atoms with van der Waals surface area (Å²) in [5, 5.41) is 11.8. The largest absolute Gasteiger partial charge is 0.458 e. The van der Waals surface area contributed by atoms with Gasteiger partial charge in [-0.2, -0.15) is 0 Å². The SMILES string of the molecule is CC[C@@H](C(=O)N[C@H](/C=C/C(=O)OCc1ccccc1)C[C@@H]1CCNC1=O)n1cccc(NC(=O)c2cc(C)on2)c1=O. The van der Waals surface area contributed by atoms with Crippen LogP contribution in [0.2, 0.25) is 0 Å². The highest BCUT2D eigenvalue weighted by atomic mass is 16.5. The van der Waals surface area contributed by atoms with E-state index < -0.39 is 35.4 Å². The van der Waals surface area contributed by atoms with Gasteiger partial charge in [0.15, 0.2) is 5.69 Å². The fourth-order valence-electron chi connectivity index (χ4n) is 4.63. The summed E-state index contributed by atoms with van der Waals surface area (Å²) in [6.07, 6.45) is 5.31. The van der Waals surface area contributed by atoms with Crippen molar-refractivity contribution in [3.8, 4) is 0 Å². The molecule has 3 atom stereocenters. The first-order valence-corrected chi connectivity index (χ1v) is 13.7. The lowest BCUT2D eigenvalue weighted by Gasteiger charge is -2.23. The summed E-state index contributed by atoms with van der Waals surface area (Å²) in [5.74, 6) is -1.73. The van der Waals surface area contributed by atoms with Gasteiger partial charge in [0.1, 0.15) is 24.1 Å². The lowest BCUT2D eigenvalue weighted by atomic mass is 9.97. The lowest BCUT2D eigenvalue weighted by Crippen LogP contribution is -2.42. The van der Waals surface area contributed by atoms with Crippen molar-refractivity contribution < 1.29 is 28.4 Å². The van der Waals surface area contributed by atoms with Gasteiger partial charge in [0, 0.05) is 36.8 Å². The van der Waals surface area contributed by atoms with Gasteiger partial charge in [0.25, 0.3) is 11.5 Å². The van der Waals surface area contributed by atoms with Crippen molar-refractivity contribution in [3.05, 3.63) is 94.3 Å². The molecule has 0 unspecified atom stereocenters. The zero-order chi connectivity index (χ0) is 30.1. The second kappa shape index (κ2) is 14.1. The van der Waals surface area contributed by atoms with Gasteiger partial charge in [-0.1, -0.05) is 48.5 Å². The summed E-state index contributed by atoms with van der Waals surface area (Å²) >= 11 is 0. The van der Waals surface area contributed by atoms with Crippen molar-refractivity contribution in [1.29, 1.82) is 0 Å². The topological polar surface area (TPSA) is 162 Å². The van der Waals surface area contributed by atoms with Crippen molar-refractivity contribution >= 4 is 29.4 Å². The third kappa shape index (κ3) is 7.80. The van der Waals surface area contributed by atoms with Crippen LogP contribution in [0.25, 0.3) is 0 Å².